The molecule has 0 radical (unpaired) electrons. The minimum Gasteiger partial charge on any atom is -0.477 e. The fraction of sp³-hybridized carbons (Fsp3) is 0.667. The second-order valence-corrected chi connectivity index (χ2v) is 2.29. The number of aliphatic carboxylic acids is 1. The number of hydrogen-bond acceptors (Lipinski definition) is 3. The van der Waals surface area contributed by atoms with E-state index in [-0.39, 0.29) is 6.54 Å². The first-order valence-electron chi connectivity index (χ1n) is 3.42. The number of amides is 1. The van der Waals surface area contributed by atoms with Crippen LogP contribution in [-0.4, -0.2) is 43.0 Å². The van der Waals surface area contributed by atoms with E-state index < -0.39 is 24.3 Å². The number of likely N-dealkylation sites (N-methyl/N-ethyl adjacent to an activating group) is 1. The van der Waals surface area contributed by atoms with Crippen molar-refractivity contribution in [2.45, 2.75) is 5.92 Å². The van der Waals surface area contributed by atoms with Crippen LogP contribution in [0.25, 0.3) is 0 Å². The number of halogens is 2. The van der Waals surface area contributed by atoms with Crippen molar-refractivity contribution in [1.82, 2.24) is 10.6 Å². The molecule has 0 spiro atoms. The highest BCUT2D eigenvalue weighted by Crippen LogP contribution is 2.10. The fourth-order valence-electron chi connectivity index (χ4n) is 0.497. The largest absolute Gasteiger partial charge is 0.477 e. The highest BCUT2D eigenvalue weighted by Gasteiger charge is 2.38. The molecule has 0 saturated carbocycles. The topological polar surface area (TPSA) is 78.4 Å². The van der Waals surface area contributed by atoms with Crippen LogP contribution in [0.15, 0.2) is 0 Å². The van der Waals surface area contributed by atoms with Gasteiger partial charge in [0.1, 0.15) is 0 Å². The third-order valence-electron chi connectivity index (χ3n) is 1.22. The molecule has 5 nitrogen and oxygen atoms in total. The molecule has 0 atom stereocenters. The van der Waals surface area contributed by atoms with Crippen molar-refractivity contribution in [1.29, 1.82) is 0 Å². The van der Waals surface area contributed by atoms with Crippen molar-refractivity contribution in [2.75, 3.05) is 20.1 Å². The molecule has 0 rings (SSSR count). The first kappa shape index (κ1) is 11.8. The summed E-state index contributed by atoms with van der Waals surface area (Å²) in [4.78, 5) is 20.4. The number of nitrogens with one attached hydrogen (secondary N) is 2. The molecule has 1 amide bonds. The SMILES string of the molecule is CNC(=O)CNCC(F)(F)C(=O)O. The highest BCUT2D eigenvalue weighted by molar-refractivity contribution is 5.78. The van der Waals surface area contributed by atoms with E-state index in [1.165, 1.54) is 7.05 Å². The van der Waals surface area contributed by atoms with Gasteiger partial charge in [-0.15, -0.1) is 0 Å². The first-order valence-corrected chi connectivity index (χ1v) is 3.42. The van der Waals surface area contributed by atoms with E-state index in [0.29, 0.717) is 0 Å². The van der Waals surface area contributed by atoms with Crippen LogP contribution in [0.3, 0.4) is 0 Å². The van der Waals surface area contributed by atoms with E-state index in [2.05, 4.69) is 5.32 Å². The molecule has 13 heavy (non-hydrogen) atoms. The van der Waals surface area contributed by atoms with Crippen molar-refractivity contribution < 1.29 is 23.5 Å². The van der Waals surface area contributed by atoms with Crippen LogP contribution in [0.2, 0.25) is 0 Å². The first-order chi connectivity index (χ1) is 5.90. The second-order valence-electron chi connectivity index (χ2n) is 2.29. The lowest BCUT2D eigenvalue weighted by Gasteiger charge is -2.11. The molecule has 0 aromatic rings. The summed E-state index contributed by atoms with van der Waals surface area (Å²) >= 11 is 0. The number of rotatable bonds is 5. The Hall–Kier alpha value is -1.24. The quantitative estimate of drug-likeness (QED) is 0.529. The van der Waals surface area contributed by atoms with Gasteiger partial charge in [0.05, 0.1) is 13.1 Å². The number of carbonyl (C=O) groups excluding carboxylic acids is 1. The van der Waals surface area contributed by atoms with Gasteiger partial charge in [-0.05, 0) is 0 Å². The summed E-state index contributed by atoms with van der Waals surface area (Å²) in [5.41, 5.74) is 0. The van der Waals surface area contributed by atoms with Gasteiger partial charge in [-0.1, -0.05) is 0 Å². The number of carboxylic acids is 1. The normalized spacial score (nSPS) is 11.0. The second kappa shape index (κ2) is 4.70. The molecule has 0 unspecified atom stereocenters. The minimum absolute atomic E-state index is 0.334. The van der Waals surface area contributed by atoms with Gasteiger partial charge < -0.3 is 15.7 Å². The monoisotopic (exact) mass is 196 g/mol. The molecule has 0 aromatic heterocycles. The minimum atomic E-state index is -3.84. The summed E-state index contributed by atoms with van der Waals surface area (Å²) in [5, 5.41) is 12.2. The van der Waals surface area contributed by atoms with Crippen LogP contribution >= 0.6 is 0 Å². The van der Waals surface area contributed by atoms with Crippen LogP contribution in [0.4, 0.5) is 8.78 Å². The Labute approximate surface area is 73.1 Å². The van der Waals surface area contributed by atoms with Crippen molar-refractivity contribution >= 4 is 11.9 Å². The molecule has 0 aliphatic heterocycles. The summed E-state index contributed by atoms with van der Waals surface area (Å²) in [6.07, 6.45) is 0. The predicted octanol–water partition coefficient (Wildman–Crippen LogP) is -0.958. The van der Waals surface area contributed by atoms with Crippen LogP contribution in [0.5, 0.6) is 0 Å². The third kappa shape index (κ3) is 4.36. The number of carboxylic acid groups (broad SMARTS) is 1. The van der Waals surface area contributed by atoms with Crippen molar-refractivity contribution in [3.8, 4) is 0 Å². The Kier molecular flexibility index (Phi) is 4.26. The zero-order valence-electron chi connectivity index (χ0n) is 6.93. The lowest BCUT2D eigenvalue weighted by atomic mass is 10.3. The van der Waals surface area contributed by atoms with Gasteiger partial charge in [0.15, 0.2) is 0 Å². The van der Waals surface area contributed by atoms with Crippen LogP contribution in [-0.2, 0) is 9.59 Å². The Bertz CT molecular complexity index is 208. The molecular formula is C6H10F2N2O3. The van der Waals surface area contributed by atoms with Crippen molar-refractivity contribution in [3.05, 3.63) is 0 Å². The van der Waals surface area contributed by atoms with Gasteiger partial charge in [0, 0.05) is 7.05 Å². The number of carbonyl (C=O) groups is 2. The van der Waals surface area contributed by atoms with Gasteiger partial charge in [-0.3, -0.25) is 4.79 Å². The third-order valence-corrected chi connectivity index (χ3v) is 1.22. The van der Waals surface area contributed by atoms with Gasteiger partial charge in [-0.2, -0.15) is 8.78 Å². The number of alkyl halides is 2. The fourth-order valence-corrected chi connectivity index (χ4v) is 0.497. The van der Waals surface area contributed by atoms with Crippen LogP contribution in [0.1, 0.15) is 0 Å². The molecule has 0 aliphatic carbocycles. The average molecular weight is 196 g/mol. The summed E-state index contributed by atoms with van der Waals surface area (Å²) < 4.78 is 24.6. The van der Waals surface area contributed by atoms with Gasteiger partial charge >= 0.3 is 11.9 Å². The maximum atomic E-state index is 12.3. The average Bonchev–Trinajstić information content (AvgIpc) is 2.03. The molecule has 0 heterocycles. The smallest absolute Gasteiger partial charge is 0.375 e. The van der Waals surface area contributed by atoms with E-state index in [0.717, 1.165) is 0 Å². The summed E-state index contributed by atoms with van der Waals surface area (Å²) in [6, 6.07) is 0. The van der Waals surface area contributed by atoms with E-state index in [4.69, 9.17) is 5.11 Å². The van der Waals surface area contributed by atoms with E-state index >= 15 is 0 Å². The lowest BCUT2D eigenvalue weighted by Crippen LogP contribution is -2.43. The molecule has 0 saturated heterocycles. The van der Waals surface area contributed by atoms with Gasteiger partial charge in [0.2, 0.25) is 5.91 Å². The Morgan fingerprint density at radius 3 is 2.38 bits per heavy atom. The molecule has 3 N–H and O–H groups in total. The van der Waals surface area contributed by atoms with Gasteiger partial charge in [-0.25, -0.2) is 4.79 Å². The van der Waals surface area contributed by atoms with E-state index in [9.17, 15) is 18.4 Å². The standard InChI is InChI=1S/C6H10F2N2O3/c1-9-4(11)2-10-3-6(7,8)5(12)13/h10H,2-3H2,1H3,(H,9,11)(H,12,13). The Morgan fingerprint density at radius 1 is 1.46 bits per heavy atom. The maximum absolute atomic E-state index is 12.3. The summed E-state index contributed by atoms with van der Waals surface area (Å²) in [7, 11) is 1.35. The van der Waals surface area contributed by atoms with Crippen LogP contribution < -0.4 is 10.6 Å². The Morgan fingerprint density at radius 2 is 2.00 bits per heavy atom. The summed E-state index contributed by atoms with van der Waals surface area (Å²) in [6.45, 7) is -1.39. The number of hydrogen-bond donors (Lipinski definition) is 3. The molecule has 0 fully saturated rings. The Balaban J connectivity index is 3.76. The molecule has 0 aliphatic rings. The molecule has 76 valence electrons. The zero-order chi connectivity index (χ0) is 10.5. The van der Waals surface area contributed by atoms with E-state index in [1.54, 1.807) is 0 Å². The van der Waals surface area contributed by atoms with E-state index in [1.807, 2.05) is 5.32 Å². The maximum Gasteiger partial charge on any atom is 0.375 e. The van der Waals surface area contributed by atoms with Crippen molar-refractivity contribution in [2.24, 2.45) is 0 Å². The molecule has 0 aromatic carbocycles. The zero-order valence-corrected chi connectivity index (χ0v) is 6.93. The molecular weight excluding hydrogens is 186 g/mol. The lowest BCUT2D eigenvalue weighted by molar-refractivity contribution is -0.164. The highest BCUT2D eigenvalue weighted by atomic mass is 19.3. The van der Waals surface area contributed by atoms with Gasteiger partial charge in [0.25, 0.3) is 0 Å². The molecule has 0 bridgehead atoms. The molecule has 7 heteroatoms. The summed E-state index contributed by atoms with van der Waals surface area (Å²) in [5.74, 6) is -6.54. The van der Waals surface area contributed by atoms with Crippen LogP contribution in [0, 0.1) is 0 Å². The van der Waals surface area contributed by atoms with Crippen molar-refractivity contribution in [3.63, 3.8) is 0 Å². The predicted molar refractivity (Wildman–Crippen MR) is 39.5 cm³/mol.